The van der Waals surface area contributed by atoms with Crippen LogP contribution in [0.1, 0.15) is 18.5 Å². The molecule has 0 aromatic carbocycles. The molecular weight excluding hydrogens is 224 g/mol. The van der Waals surface area contributed by atoms with Crippen molar-refractivity contribution in [2.24, 2.45) is 0 Å². The van der Waals surface area contributed by atoms with Crippen LogP contribution in [-0.2, 0) is 14.3 Å². The molecule has 2 heterocycles. The van der Waals surface area contributed by atoms with Crippen LogP contribution >= 0.6 is 0 Å². The number of nitrogens with one attached hydrogen (secondary N) is 1. The molecular formula is C11H12N2O4. The van der Waals surface area contributed by atoms with Crippen molar-refractivity contribution in [2.45, 2.75) is 12.8 Å². The highest BCUT2D eigenvalue weighted by Gasteiger charge is 2.39. The van der Waals surface area contributed by atoms with E-state index in [0.29, 0.717) is 17.3 Å². The SMILES string of the molecule is CCOC(=O)[C@H]1C(=O)Nc2ccc(OC)nc21. The molecule has 1 aromatic heterocycles. The van der Waals surface area contributed by atoms with E-state index in [1.165, 1.54) is 7.11 Å². The third kappa shape index (κ3) is 1.93. The molecule has 0 spiro atoms. The second-order valence-electron chi connectivity index (χ2n) is 3.46. The van der Waals surface area contributed by atoms with Crippen LogP contribution in [0.3, 0.4) is 0 Å². The summed E-state index contributed by atoms with van der Waals surface area (Å²) in [5.74, 6) is -1.65. The van der Waals surface area contributed by atoms with Crippen LogP contribution in [0.5, 0.6) is 5.88 Å². The Morgan fingerprint density at radius 3 is 2.94 bits per heavy atom. The Labute approximate surface area is 97.9 Å². The fourth-order valence-corrected chi connectivity index (χ4v) is 1.67. The Balaban J connectivity index is 2.37. The van der Waals surface area contributed by atoms with Crippen LogP contribution < -0.4 is 10.1 Å². The molecule has 1 atom stereocenters. The largest absolute Gasteiger partial charge is 0.481 e. The standard InChI is InChI=1S/C11H12N2O4/c1-3-17-11(15)8-9-6(12-10(8)14)4-5-7(13-9)16-2/h4-5,8H,3H2,1-2H3,(H,12,14)/t8-/m1/s1. The van der Waals surface area contributed by atoms with Gasteiger partial charge in [0, 0.05) is 6.07 Å². The number of hydrogen-bond acceptors (Lipinski definition) is 5. The van der Waals surface area contributed by atoms with E-state index in [0.717, 1.165) is 0 Å². The van der Waals surface area contributed by atoms with E-state index in [1.807, 2.05) is 0 Å². The van der Waals surface area contributed by atoms with Crippen molar-refractivity contribution in [3.8, 4) is 5.88 Å². The first-order valence-corrected chi connectivity index (χ1v) is 5.19. The summed E-state index contributed by atoms with van der Waals surface area (Å²) in [5, 5.41) is 2.58. The van der Waals surface area contributed by atoms with Gasteiger partial charge in [-0.25, -0.2) is 4.98 Å². The van der Waals surface area contributed by atoms with Crippen molar-refractivity contribution in [3.05, 3.63) is 17.8 Å². The maximum atomic E-state index is 11.7. The Kier molecular flexibility index (Phi) is 2.95. The number of carbonyl (C=O) groups is 2. The molecule has 1 N–H and O–H groups in total. The lowest BCUT2D eigenvalue weighted by atomic mass is 10.1. The van der Waals surface area contributed by atoms with Crippen molar-refractivity contribution >= 4 is 17.6 Å². The molecule has 0 saturated carbocycles. The number of anilines is 1. The average molecular weight is 236 g/mol. The normalized spacial score (nSPS) is 17.3. The number of esters is 1. The zero-order valence-electron chi connectivity index (χ0n) is 9.52. The summed E-state index contributed by atoms with van der Waals surface area (Å²) >= 11 is 0. The number of nitrogens with zero attached hydrogens (tertiary/aromatic N) is 1. The molecule has 6 heteroatoms. The zero-order valence-corrected chi connectivity index (χ0v) is 9.52. The number of fused-ring (bicyclic) bond motifs is 1. The molecule has 6 nitrogen and oxygen atoms in total. The van der Waals surface area contributed by atoms with Gasteiger partial charge in [-0.05, 0) is 13.0 Å². The minimum absolute atomic E-state index is 0.224. The first-order chi connectivity index (χ1) is 8.17. The lowest BCUT2D eigenvalue weighted by Gasteiger charge is -2.07. The number of ether oxygens (including phenoxy) is 2. The lowest BCUT2D eigenvalue weighted by Crippen LogP contribution is -2.23. The highest BCUT2D eigenvalue weighted by molar-refractivity contribution is 6.14. The van der Waals surface area contributed by atoms with Gasteiger partial charge in [0.2, 0.25) is 11.8 Å². The topological polar surface area (TPSA) is 77.5 Å². The third-order valence-electron chi connectivity index (χ3n) is 2.42. The van der Waals surface area contributed by atoms with Gasteiger partial charge < -0.3 is 14.8 Å². The second-order valence-corrected chi connectivity index (χ2v) is 3.46. The highest BCUT2D eigenvalue weighted by atomic mass is 16.5. The number of carbonyl (C=O) groups excluding carboxylic acids is 2. The van der Waals surface area contributed by atoms with Gasteiger partial charge in [0.25, 0.3) is 0 Å². The molecule has 1 aliphatic heterocycles. The number of hydrogen-bond donors (Lipinski definition) is 1. The highest BCUT2D eigenvalue weighted by Crippen LogP contribution is 2.33. The molecule has 17 heavy (non-hydrogen) atoms. The van der Waals surface area contributed by atoms with E-state index in [9.17, 15) is 9.59 Å². The smallest absolute Gasteiger partial charge is 0.324 e. The minimum Gasteiger partial charge on any atom is -0.481 e. The summed E-state index contributed by atoms with van der Waals surface area (Å²) in [4.78, 5) is 27.4. The van der Waals surface area contributed by atoms with E-state index in [-0.39, 0.29) is 6.61 Å². The number of amides is 1. The molecule has 0 radical (unpaired) electrons. The second kappa shape index (κ2) is 4.40. The van der Waals surface area contributed by atoms with Crippen LogP contribution in [0.4, 0.5) is 5.69 Å². The fourth-order valence-electron chi connectivity index (χ4n) is 1.67. The van der Waals surface area contributed by atoms with Gasteiger partial charge >= 0.3 is 5.97 Å². The summed E-state index contributed by atoms with van der Waals surface area (Å²) < 4.78 is 9.81. The molecule has 1 amide bonds. The molecule has 2 rings (SSSR count). The maximum absolute atomic E-state index is 11.7. The van der Waals surface area contributed by atoms with E-state index < -0.39 is 17.8 Å². The van der Waals surface area contributed by atoms with Crippen LogP contribution in [0, 0.1) is 0 Å². The molecule has 0 aliphatic carbocycles. The first kappa shape index (κ1) is 11.4. The zero-order chi connectivity index (χ0) is 12.4. The van der Waals surface area contributed by atoms with Crippen molar-refractivity contribution in [3.63, 3.8) is 0 Å². The maximum Gasteiger partial charge on any atom is 0.324 e. The molecule has 0 fully saturated rings. The summed E-state index contributed by atoms with van der Waals surface area (Å²) in [7, 11) is 1.47. The average Bonchev–Trinajstić information content (AvgIpc) is 2.64. The van der Waals surface area contributed by atoms with Crippen LogP contribution in [0.2, 0.25) is 0 Å². The van der Waals surface area contributed by atoms with Crippen LogP contribution in [0.15, 0.2) is 12.1 Å². The van der Waals surface area contributed by atoms with Gasteiger partial charge in [-0.1, -0.05) is 0 Å². The Hall–Kier alpha value is -2.11. The lowest BCUT2D eigenvalue weighted by molar-refractivity contribution is -0.147. The Morgan fingerprint density at radius 2 is 2.29 bits per heavy atom. The number of methoxy groups -OCH3 is 1. The van der Waals surface area contributed by atoms with Crippen LogP contribution in [0.25, 0.3) is 0 Å². The Morgan fingerprint density at radius 1 is 1.53 bits per heavy atom. The number of rotatable bonds is 3. The van der Waals surface area contributed by atoms with Gasteiger partial charge in [-0.2, -0.15) is 0 Å². The summed E-state index contributed by atoms with van der Waals surface area (Å²) in [5.41, 5.74) is 0.877. The molecule has 90 valence electrons. The van der Waals surface area contributed by atoms with Crippen molar-refractivity contribution in [1.29, 1.82) is 0 Å². The van der Waals surface area contributed by atoms with Crippen LogP contribution in [-0.4, -0.2) is 30.6 Å². The fraction of sp³-hybridized carbons (Fsp3) is 0.364. The van der Waals surface area contributed by atoms with Gasteiger partial charge in [-0.3, -0.25) is 9.59 Å². The molecule has 0 bridgehead atoms. The summed E-state index contributed by atoms with van der Waals surface area (Å²) in [6.45, 7) is 1.91. The monoisotopic (exact) mass is 236 g/mol. The Bertz CT molecular complexity index is 473. The van der Waals surface area contributed by atoms with E-state index in [2.05, 4.69) is 10.3 Å². The number of pyridine rings is 1. The quantitative estimate of drug-likeness (QED) is 0.617. The minimum atomic E-state index is -1.000. The predicted molar refractivity (Wildman–Crippen MR) is 58.8 cm³/mol. The van der Waals surface area contributed by atoms with Gasteiger partial charge in [-0.15, -0.1) is 0 Å². The van der Waals surface area contributed by atoms with E-state index in [1.54, 1.807) is 19.1 Å². The molecule has 0 saturated heterocycles. The molecule has 1 aliphatic rings. The van der Waals surface area contributed by atoms with E-state index >= 15 is 0 Å². The van der Waals surface area contributed by atoms with Crippen molar-refractivity contribution in [1.82, 2.24) is 4.98 Å². The van der Waals surface area contributed by atoms with Gasteiger partial charge in [0.1, 0.15) is 0 Å². The van der Waals surface area contributed by atoms with E-state index in [4.69, 9.17) is 9.47 Å². The van der Waals surface area contributed by atoms with Crippen molar-refractivity contribution < 1.29 is 19.1 Å². The summed E-state index contributed by atoms with van der Waals surface area (Å²) in [6.07, 6.45) is 0. The van der Waals surface area contributed by atoms with Crippen molar-refractivity contribution in [2.75, 3.05) is 19.0 Å². The predicted octanol–water partition coefficient (Wildman–Crippen LogP) is 0.689. The number of aromatic nitrogens is 1. The first-order valence-electron chi connectivity index (χ1n) is 5.19. The third-order valence-corrected chi connectivity index (χ3v) is 2.42. The summed E-state index contributed by atoms with van der Waals surface area (Å²) in [6, 6.07) is 3.27. The molecule has 0 unspecified atom stereocenters. The molecule has 1 aromatic rings. The van der Waals surface area contributed by atoms with Gasteiger partial charge in [0.15, 0.2) is 5.92 Å². The van der Waals surface area contributed by atoms with Gasteiger partial charge in [0.05, 0.1) is 25.1 Å².